The van der Waals surface area contributed by atoms with Gasteiger partial charge in [0.15, 0.2) is 11.6 Å². The topological polar surface area (TPSA) is 41.6 Å². The minimum Gasteiger partial charge on any atom is -0.487 e. The second kappa shape index (κ2) is 9.70. The Hall–Kier alpha value is -2.39. The minimum atomic E-state index is -4.67. The third-order valence-electron chi connectivity index (χ3n) is 6.26. The molecule has 4 rings (SSSR count). The van der Waals surface area contributed by atoms with E-state index in [4.69, 9.17) is 16.3 Å². The molecule has 2 aromatic carbocycles. The zero-order valence-electron chi connectivity index (χ0n) is 18.4. The van der Waals surface area contributed by atoms with Gasteiger partial charge in [-0.05, 0) is 67.0 Å². The molecule has 184 valence electrons. The smallest absolute Gasteiger partial charge is 0.416 e. The van der Waals surface area contributed by atoms with Gasteiger partial charge >= 0.3 is 6.18 Å². The summed E-state index contributed by atoms with van der Waals surface area (Å²) in [6.45, 7) is 1.57. The van der Waals surface area contributed by atoms with Crippen molar-refractivity contribution in [2.45, 2.75) is 50.4 Å². The number of nitrogens with zero attached hydrogens (tertiary/aromatic N) is 1. The van der Waals surface area contributed by atoms with Crippen molar-refractivity contribution in [1.29, 1.82) is 0 Å². The molecule has 2 aliphatic rings. The Labute approximate surface area is 199 Å². The lowest BCUT2D eigenvalue weighted by molar-refractivity contribution is -0.137. The fourth-order valence-corrected chi connectivity index (χ4v) is 4.48. The quantitative estimate of drug-likeness (QED) is 0.499. The third kappa shape index (κ3) is 5.46. The molecule has 1 N–H and O–H groups in total. The molecule has 0 spiro atoms. The number of carbonyl (C=O) groups is 1. The monoisotopic (exact) mass is 502 g/mol. The van der Waals surface area contributed by atoms with Gasteiger partial charge in [-0.3, -0.25) is 9.69 Å². The summed E-state index contributed by atoms with van der Waals surface area (Å²) in [6, 6.07) is 4.22. The molecule has 1 heterocycles. The maximum absolute atomic E-state index is 14.6. The molecular formula is C24H24ClF5N2O2. The number of piperidine rings is 1. The Morgan fingerprint density at radius 3 is 2.38 bits per heavy atom. The molecule has 0 bridgehead atoms. The number of hydrogen-bond donors (Lipinski definition) is 1. The number of rotatable bonds is 6. The molecule has 2 aromatic rings. The number of alkyl halides is 3. The zero-order valence-corrected chi connectivity index (χ0v) is 19.2. The Bertz CT molecular complexity index is 1080. The fourth-order valence-electron chi connectivity index (χ4n) is 4.27. The first-order valence-electron chi connectivity index (χ1n) is 11.1. The van der Waals surface area contributed by atoms with Crippen molar-refractivity contribution in [3.05, 3.63) is 63.2 Å². The number of halogens is 6. The molecule has 4 nitrogen and oxygen atoms in total. The van der Waals surface area contributed by atoms with E-state index in [2.05, 4.69) is 10.2 Å². The first-order valence-corrected chi connectivity index (χ1v) is 11.4. The van der Waals surface area contributed by atoms with Crippen LogP contribution in [0.5, 0.6) is 5.75 Å². The Balaban J connectivity index is 1.42. The van der Waals surface area contributed by atoms with E-state index >= 15 is 0 Å². The zero-order chi connectivity index (χ0) is 24.6. The van der Waals surface area contributed by atoms with Crippen LogP contribution in [0.4, 0.5) is 22.0 Å². The van der Waals surface area contributed by atoms with Crippen LogP contribution in [0.25, 0.3) is 0 Å². The lowest BCUT2D eigenvalue weighted by Gasteiger charge is -2.33. The van der Waals surface area contributed by atoms with Crippen LogP contribution in [0, 0.1) is 11.6 Å². The van der Waals surface area contributed by atoms with E-state index in [0.717, 1.165) is 24.0 Å². The summed E-state index contributed by atoms with van der Waals surface area (Å²) in [7, 11) is 1.46. The van der Waals surface area contributed by atoms with Gasteiger partial charge in [-0.1, -0.05) is 11.6 Å². The normalized spacial score (nSPS) is 17.6. The lowest BCUT2D eigenvalue weighted by Crippen LogP contribution is -2.38. The molecule has 0 unspecified atom stereocenters. The summed E-state index contributed by atoms with van der Waals surface area (Å²) in [5.74, 6) is -2.26. The van der Waals surface area contributed by atoms with Gasteiger partial charge in [0.05, 0.1) is 16.1 Å². The highest BCUT2D eigenvalue weighted by Crippen LogP contribution is 2.43. The van der Waals surface area contributed by atoms with Crippen molar-refractivity contribution in [3.8, 4) is 5.75 Å². The van der Waals surface area contributed by atoms with Gasteiger partial charge in [-0.2, -0.15) is 13.2 Å². The van der Waals surface area contributed by atoms with Crippen LogP contribution in [-0.2, 0) is 12.7 Å². The molecule has 34 heavy (non-hydrogen) atoms. The SMILES string of the molecule is CNC(=O)c1cc(C2CC2)c(CN2CCC(Oc3cc(C(F)(F)F)cc(Cl)c3F)CC2)cc1F. The number of carbonyl (C=O) groups excluding carboxylic acids is 1. The van der Waals surface area contributed by atoms with Gasteiger partial charge in [0, 0.05) is 26.7 Å². The summed E-state index contributed by atoms with van der Waals surface area (Å²) in [5.41, 5.74) is 0.755. The average Bonchev–Trinajstić information content (AvgIpc) is 3.62. The van der Waals surface area contributed by atoms with Crippen molar-refractivity contribution < 1.29 is 31.5 Å². The second-order valence-corrected chi connectivity index (χ2v) is 9.15. The van der Waals surface area contributed by atoms with Crippen LogP contribution in [0.2, 0.25) is 5.02 Å². The Morgan fingerprint density at radius 2 is 1.79 bits per heavy atom. The molecular weight excluding hydrogens is 479 g/mol. The number of nitrogens with one attached hydrogen (secondary N) is 1. The largest absolute Gasteiger partial charge is 0.487 e. The summed E-state index contributed by atoms with van der Waals surface area (Å²) in [4.78, 5) is 14.1. The average molecular weight is 503 g/mol. The van der Waals surface area contributed by atoms with E-state index in [1.54, 1.807) is 6.07 Å². The van der Waals surface area contributed by atoms with Crippen molar-refractivity contribution in [1.82, 2.24) is 10.2 Å². The number of amides is 1. The van der Waals surface area contributed by atoms with Crippen molar-refractivity contribution in [2.24, 2.45) is 0 Å². The summed E-state index contributed by atoms with van der Waals surface area (Å²) in [6.07, 6.45) is -2.23. The van der Waals surface area contributed by atoms with E-state index in [-0.39, 0.29) is 5.56 Å². The lowest BCUT2D eigenvalue weighted by atomic mass is 9.97. The first kappa shape index (κ1) is 24.7. The third-order valence-corrected chi connectivity index (χ3v) is 6.54. The van der Waals surface area contributed by atoms with Gasteiger partial charge in [0.2, 0.25) is 0 Å². The van der Waals surface area contributed by atoms with E-state index in [1.807, 2.05) is 0 Å². The molecule has 1 saturated heterocycles. The van der Waals surface area contributed by atoms with Gasteiger partial charge < -0.3 is 10.1 Å². The van der Waals surface area contributed by atoms with Crippen molar-refractivity contribution in [3.63, 3.8) is 0 Å². The van der Waals surface area contributed by atoms with Crippen LogP contribution in [0.15, 0.2) is 24.3 Å². The highest BCUT2D eigenvalue weighted by molar-refractivity contribution is 6.31. The molecule has 2 fully saturated rings. The molecule has 1 amide bonds. The minimum absolute atomic E-state index is 0.0297. The second-order valence-electron chi connectivity index (χ2n) is 8.75. The van der Waals surface area contributed by atoms with Crippen LogP contribution in [0.1, 0.15) is 58.6 Å². The molecule has 1 aliphatic carbocycles. The molecule has 0 aromatic heterocycles. The maximum Gasteiger partial charge on any atom is 0.416 e. The van der Waals surface area contributed by atoms with Crippen LogP contribution in [0.3, 0.4) is 0 Å². The fraction of sp³-hybridized carbons (Fsp3) is 0.458. The summed E-state index contributed by atoms with van der Waals surface area (Å²) < 4.78 is 73.5. The standard InChI is InChI=1S/C24H24ClF5N2O2/c1-31-23(33)18-11-17(13-2-3-13)14(8-20(18)26)12-32-6-4-16(5-7-32)34-21-10-15(24(28,29)30)9-19(25)22(21)27/h8-11,13,16H,2-7,12H2,1H3,(H,31,33). The van der Waals surface area contributed by atoms with E-state index in [1.165, 1.54) is 13.1 Å². The first-order chi connectivity index (χ1) is 16.1. The number of hydrogen-bond acceptors (Lipinski definition) is 3. The van der Waals surface area contributed by atoms with E-state index in [0.29, 0.717) is 50.5 Å². The van der Waals surface area contributed by atoms with Gasteiger partial charge in [-0.15, -0.1) is 0 Å². The van der Waals surface area contributed by atoms with Crippen LogP contribution < -0.4 is 10.1 Å². The van der Waals surface area contributed by atoms with Crippen molar-refractivity contribution in [2.75, 3.05) is 20.1 Å². The molecule has 1 aliphatic heterocycles. The maximum atomic E-state index is 14.6. The number of ether oxygens (including phenoxy) is 1. The van der Waals surface area contributed by atoms with Gasteiger partial charge in [0.25, 0.3) is 5.91 Å². The summed E-state index contributed by atoms with van der Waals surface area (Å²) in [5, 5.41) is 1.81. The predicted molar refractivity (Wildman–Crippen MR) is 117 cm³/mol. The van der Waals surface area contributed by atoms with Crippen LogP contribution >= 0.6 is 11.6 Å². The van der Waals surface area contributed by atoms with Crippen LogP contribution in [-0.4, -0.2) is 37.0 Å². The predicted octanol–water partition coefficient (Wildman–Crippen LogP) is 5.92. The Morgan fingerprint density at radius 1 is 1.12 bits per heavy atom. The van der Waals surface area contributed by atoms with E-state index in [9.17, 15) is 26.7 Å². The Kier molecular flexibility index (Phi) is 7.05. The highest BCUT2D eigenvalue weighted by Gasteiger charge is 2.34. The highest BCUT2D eigenvalue weighted by atomic mass is 35.5. The van der Waals surface area contributed by atoms with E-state index < -0.39 is 46.2 Å². The van der Waals surface area contributed by atoms with Gasteiger partial charge in [-0.25, -0.2) is 8.78 Å². The van der Waals surface area contributed by atoms with Gasteiger partial charge in [0.1, 0.15) is 11.9 Å². The molecule has 10 heteroatoms. The molecule has 0 atom stereocenters. The van der Waals surface area contributed by atoms with Crippen molar-refractivity contribution >= 4 is 17.5 Å². The number of likely N-dealkylation sites (tertiary alicyclic amines) is 1. The summed E-state index contributed by atoms with van der Waals surface area (Å²) >= 11 is 5.64. The molecule has 1 saturated carbocycles. The number of benzene rings is 2. The molecule has 0 radical (unpaired) electrons.